The summed E-state index contributed by atoms with van der Waals surface area (Å²) in [7, 11) is 0. The maximum Gasteiger partial charge on any atom is 0.306 e. The van der Waals surface area contributed by atoms with E-state index in [4.69, 9.17) is 9.84 Å². The minimum absolute atomic E-state index is 0.0541. The number of benzene rings is 1. The fourth-order valence-electron chi connectivity index (χ4n) is 3.77. The van der Waals surface area contributed by atoms with Crippen molar-refractivity contribution in [2.75, 3.05) is 13.1 Å². The van der Waals surface area contributed by atoms with E-state index in [1.807, 2.05) is 4.57 Å². The topological polar surface area (TPSA) is 84.7 Å². The molecule has 1 unspecified atom stereocenters. The van der Waals surface area contributed by atoms with Crippen LogP contribution in [0.25, 0.3) is 0 Å². The average Bonchev–Trinajstić information content (AvgIpc) is 3.11. The quantitative estimate of drug-likeness (QED) is 0.898. The van der Waals surface area contributed by atoms with Crippen molar-refractivity contribution >= 4 is 11.9 Å². The number of ether oxygens (including phenoxy) is 1. The first-order valence-corrected chi connectivity index (χ1v) is 9.27. The second kappa shape index (κ2) is 7.15. The Hall–Kier alpha value is -2.67. The Morgan fingerprint density at radius 2 is 1.89 bits per heavy atom. The predicted molar refractivity (Wildman–Crippen MR) is 97.2 cm³/mol. The molecule has 0 saturated carbocycles. The highest BCUT2D eigenvalue weighted by atomic mass is 16.5. The van der Waals surface area contributed by atoms with E-state index in [0.717, 1.165) is 11.3 Å². The first-order chi connectivity index (χ1) is 13.0. The van der Waals surface area contributed by atoms with E-state index in [2.05, 4.69) is 36.2 Å². The van der Waals surface area contributed by atoms with Gasteiger partial charge < -0.3 is 19.3 Å². The van der Waals surface area contributed by atoms with Gasteiger partial charge in [-0.15, -0.1) is 0 Å². The predicted octanol–water partition coefficient (Wildman–Crippen LogP) is 2.40. The van der Waals surface area contributed by atoms with E-state index in [-0.39, 0.29) is 17.9 Å². The number of carbonyl (C=O) groups excluding carboxylic acids is 1. The Balaban J connectivity index is 1.46. The lowest BCUT2D eigenvalue weighted by atomic mass is 9.97. The number of carbonyl (C=O) groups is 2. The van der Waals surface area contributed by atoms with Crippen molar-refractivity contribution in [3.05, 3.63) is 53.1 Å². The molecule has 1 saturated heterocycles. The fraction of sp³-hybridized carbons (Fsp3) is 0.450. The zero-order chi connectivity index (χ0) is 19.0. The standard InChI is InChI=1S/C20H23N3O4/c1-13-2-4-14(5-3-13)17-10-23-12-21-18(16(23)11-27-17)19(24)22-8-6-15(7-9-22)20(25)26/h2-5,12,15,17H,6-11H2,1H3,(H,25,26). The molecule has 1 atom stereocenters. The number of aliphatic carboxylic acids is 1. The van der Waals surface area contributed by atoms with Crippen LogP contribution in [0.5, 0.6) is 0 Å². The zero-order valence-corrected chi connectivity index (χ0v) is 15.3. The Bertz CT molecular complexity index is 851. The van der Waals surface area contributed by atoms with E-state index >= 15 is 0 Å². The van der Waals surface area contributed by atoms with Crippen LogP contribution < -0.4 is 0 Å². The molecule has 1 aromatic heterocycles. The number of carboxylic acid groups (broad SMARTS) is 1. The third-order valence-electron chi connectivity index (χ3n) is 5.51. The van der Waals surface area contributed by atoms with Crippen LogP contribution in [-0.4, -0.2) is 44.5 Å². The second-order valence-corrected chi connectivity index (χ2v) is 7.31. The smallest absolute Gasteiger partial charge is 0.306 e. The number of carboxylic acids is 1. The number of rotatable bonds is 3. The van der Waals surface area contributed by atoms with E-state index in [1.54, 1.807) is 11.2 Å². The van der Waals surface area contributed by atoms with Gasteiger partial charge in [-0.1, -0.05) is 29.8 Å². The number of nitrogens with zero attached hydrogens (tertiary/aromatic N) is 3. The lowest BCUT2D eigenvalue weighted by Crippen LogP contribution is -2.41. The van der Waals surface area contributed by atoms with Gasteiger partial charge in [0.25, 0.3) is 5.91 Å². The molecular weight excluding hydrogens is 346 g/mol. The highest BCUT2D eigenvalue weighted by molar-refractivity contribution is 5.93. The van der Waals surface area contributed by atoms with Gasteiger partial charge in [0, 0.05) is 13.1 Å². The molecule has 4 rings (SSSR count). The Kier molecular flexibility index (Phi) is 4.70. The third kappa shape index (κ3) is 3.47. The van der Waals surface area contributed by atoms with Gasteiger partial charge in [0.2, 0.25) is 0 Å². The number of hydrogen-bond acceptors (Lipinski definition) is 4. The highest BCUT2D eigenvalue weighted by Crippen LogP contribution is 2.29. The third-order valence-corrected chi connectivity index (χ3v) is 5.51. The molecule has 2 aromatic rings. The maximum absolute atomic E-state index is 12.8. The van der Waals surface area contributed by atoms with Crippen molar-refractivity contribution in [2.24, 2.45) is 5.92 Å². The van der Waals surface area contributed by atoms with Gasteiger partial charge in [0.15, 0.2) is 5.69 Å². The van der Waals surface area contributed by atoms with Crippen LogP contribution in [0.4, 0.5) is 0 Å². The van der Waals surface area contributed by atoms with Crippen LogP contribution in [0.3, 0.4) is 0 Å². The van der Waals surface area contributed by atoms with Gasteiger partial charge in [0.1, 0.15) is 6.10 Å². The van der Waals surface area contributed by atoms with Gasteiger partial charge in [-0.3, -0.25) is 9.59 Å². The van der Waals surface area contributed by atoms with Crippen molar-refractivity contribution in [1.82, 2.24) is 14.5 Å². The largest absolute Gasteiger partial charge is 0.481 e. The van der Waals surface area contributed by atoms with Crippen LogP contribution in [0.2, 0.25) is 0 Å². The summed E-state index contributed by atoms with van der Waals surface area (Å²) in [5.41, 5.74) is 3.54. The monoisotopic (exact) mass is 369 g/mol. The van der Waals surface area contributed by atoms with E-state index < -0.39 is 5.97 Å². The zero-order valence-electron chi connectivity index (χ0n) is 15.3. The molecule has 1 N–H and O–H groups in total. The number of hydrogen-bond donors (Lipinski definition) is 1. The number of aromatic nitrogens is 2. The molecule has 7 heteroatoms. The van der Waals surface area contributed by atoms with Gasteiger partial charge in [-0.25, -0.2) is 4.98 Å². The molecule has 0 bridgehead atoms. The summed E-state index contributed by atoms with van der Waals surface area (Å²) in [5.74, 6) is -1.27. The molecule has 0 spiro atoms. The van der Waals surface area contributed by atoms with Crippen LogP contribution in [-0.2, 0) is 22.7 Å². The molecule has 27 heavy (non-hydrogen) atoms. The summed E-state index contributed by atoms with van der Waals surface area (Å²) in [5, 5.41) is 9.10. The number of aryl methyl sites for hydroxylation is 1. The summed E-state index contributed by atoms with van der Waals surface area (Å²) in [6.07, 6.45) is 2.63. The Morgan fingerprint density at radius 3 is 2.56 bits per heavy atom. The maximum atomic E-state index is 12.8. The van der Waals surface area contributed by atoms with Gasteiger partial charge >= 0.3 is 5.97 Å². The van der Waals surface area contributed by atoms with E-state index in [0.29, 0.717) is 44.8 Å². The number of amides is 1. The summed E-state index contributed by atoms with van der Waals surface area (Å²) in [4.78, 5) is 30.0. The Morgan fingerprint density at radius 1 is 1.19 bits per heavy atom. The normalized spacial score (nSPS) is 20.3. The lowest BCUT2D eigenvalue weighted by Gasteiger charge is -2.30. The minimum atomic E-state index is -0.781. The van der Waals surface area contributed by atoms with Gasteiger partial charge in [0.05, 0.1) is 31.1 Å². The van der Waals surface area contributed by atoms with E-state index in [1.165, 1.54) is 5.56 Å². The average molecular weight is 369 g/mol. The van der Waals surface area contributed by atoms with Gasteiger partial charge in [-0.05, 0) is 25.3 Å². The molecule has 1 fully saturated rings. The number of imidazole rings is 1. The molecule has 0 radical (unpaired) electrons. The summed E-state index contributed by atoms with van der Waals surface area (Å²) in [6, 6.07) is 8.27. The molecule has 0 aliphatic carbocycles. The molecular formula is C20H23N3O4. The summed E-state index contributed by atoms with van der Waals surface area (Å²) in [6.45, 7) is 3.92. The summed E-state index contributed by atoms with van der Waals surface area (Å²) >= 11 is 0. The van der Waals surface area contributed by atoms with Crippen molar-refractivity contribution < 1.29 is 19.4 Å². The molecule has 1 aromatic carbocycles. The molecule has 2 aliphatic rings. The lowest BCUT2D eigenvalue weighted by molar-refractivity contribution is -0.143. The van der Waals surface area contributed by atoms with Crippen LogP contribution in [0.15, 0.2) is 30.6 Å². The van der Waals surface area contributed by atoms with Crippen molar-refractivity contribution in [3.8, 4) is 0 Å². The molecule has 1 amide bonds. The van der Waals surface area contributed by atoms with Crippen molar-refractivity contribution in [1.29, 1.82) is 0 Å². The first-order valence-electron chi connectivity index (χ1n) is 9.27. The van der Waals surface area contributed by atoms with Crippen molar-refractivity contribution in [3.63, 3.8) is 0 Å². The number of piperidine rings is 1. The number of fused-ring (bicyclic) bond motifs is 1. The molecule has 7 nitrogen and oxygen atoms in total. The molecule has 2 aliphatic heterocycles. The highest BCUT2D eigenvalue weighted by Gasteiger charge is 2.32. The Labute approximate surface area is 157 Å². The van der Waals surface area contributed by atoms with Crippen LogP contribution in [0.1, 0.15) is 46.3 Å². The minimum Gasteiger partial charge on any atom is -0.481 e. The van der Waals surface area contributed by atoms with Crippen molar-refractivity contribution in [2.45, 2.75) is 39.0 Å². The van der Waals surface area contributed by atoms with E-state index in [9.17, 15) is 9.59 Å². The summed E-state index contributed by atoms with van der Waals surface area (Å²) < 4.78 is 8.00. The fourth-order valence-corrected chi connectivity index (χ4v) is 3.77. The molecule has 142 valence electrons. The second-order valence-electron chi connectivity index (χ2n) is 7.31. The first kappa shape index (κ1) is 17.7. The van der Waals surface area contributed by atoms with Gasteiger partial charge in [-0.2, -0.15) is 0 Å². The van der Waals surface area contributed by atoms with Crippen LogP contribution in [0, 0.1) is 12.8 Å². The number of likely N-dealkylation sites (tertiary alicyclic amines) is 1. The van der Waals surface area contributed by atoms with Crippen LogP contribution >= 0.6 is 0 Å². The molecule has 3 heterocycles. The SMILES string of the molecule is Cc1ccc(C2Cn3cnc(C(=O)N4CCC(C(=O)O)CC4)c3CO2)cc1.